The Bertz CT molecular complexity index is 603. The van der Waals surface area contributed by atoms with Crippen LogP contribution in [0.1, 0.15) is 51.4 Å². The Morgan fingerprint density at radius 3 is 2.17 bits per heavy atom. The lowest BCUT2D eigenvalue weighted by atomic mass is 10.0. The third-order valence-electron chi connectivity index (χ3n) is 4.57. The maximum atomic E-state index is 10.8. The topological polar surface area (TPSA) is 166 Å². The van der Waals surface area contributed by atoms with Gasteiger partial charge in [-0.3, -0.25) is 4.55 Å². The van der Waals surface area contributed by atoms with Crippen molar-refractivity contribution in [3.8, 4) is 0 Å². The molecule has 0 unspecified atom stereocenters. The normalized spacial score (nSPS) is 27.9. The Hall–Kier alpha value is -0.120. The summed E-state index contributed by atoms with van der Waals surface area (Å²) >= 11 is 2.65. The molecule has 1 heterocycles. The van der Waals surface area contributed by atoms with Gasteiger partial charge in [0.15, 0.2) is 0 Å². The number of hydrogen-bond donors (Lipinski definition) is 5. The van der Waals surface area contributed by atoms with Crippen LogP contribution in [-0.2, 0) is 19.4 Å². The number of nitrogens with zero attached hydrogens (tertiary/aromatic N) is 1. The van der Waals surface area contributed by atoms with Crippen molar-refractivity contribution in [2.75, 3.05) is 18.6 Å². The summed E-state index contributed by atoms with van der Waals surface area (Å²) < 4.78 is 39.9. The molecule has 0 aliphatic carbocycles. The van der Waals surface area contributed by atoms with Gasteiger partial charge in [-0.05, 0) is 31.3 Å². The molecule has 0 bridgehead atoms. The highest BCUT2D eigenvalue weighted by atomic mass is 32.3. The summed E-state index contributed by atoms with van der Waals surface area (Å²) in [6.07, 6.45) is 3.99. The number of thioether (sulfide) groups is 2. The smallest absolute Gasteiger partial charge is 0.394 e. The van der Waals surface area contributed by atoms with E-state index in [0.29, 0.717) is 12.8 Å². The lowest BCUT2D eigenvalue weighted by molar-refractivity contribution is -0.205. The van der Waals surface area contributed by atoms with Crippen LogP contribution in [0.2, 0.25) is 0 Å². The molecule has 1 aliphatic heterocycles. The van der Waals surface area contributed by atoms with E-state index in [1.807, 2.05) is 11.8 Å². The Morgan fingerprint density at radius 2 is 1.60 bits per heavy atom. The van der Waals surface area contributed by atoms with Crippen LogP contribution in [0.4, 0.5) is 0 Å². The first-order valence-electron chi connectivity index (χ1n) is 9.88. The van der Waals surface area contributed by atoms with Crippen LogP contribution in [0.25, 0.3) is 0 Å². The number of aliphatic hydroxyl groups excluding tert-OH is 4. The van der Waals surface area contributed by atoms with Gasteiger partial charge in [0.05, 0.1) is 6.61 Å². The molecule has 0 radical (unpaired) electrons. The fraction of sp³-hybridized carbons (Fsp3) is 0.941. The second kappa shape index (κ2) is 14.9. The van der Waals surface area contributed by atoms with Gasteiger partial charge in [0.2, 0.25) is 0 Å². The lowest BCUT2D eigenvalue weighted by Gasteiger charge is -2.39. The summed E-state index contributed by atoms with van der Waals surface area (Å²) in [6.45, 7) is -0.576. The molecule has 0 saturated carbocycles. The van der Waals surface area contributed by atoms with Crippen LogP contribution in [-0.4, -0.2) is 86.9 Å². The van der Waals surface area contributed by atoms with E-state index >= 15 is 0 Å². The number of unbranched alkanes of at least 4 members (excludes halogenated alkanes) is 6. The Kier molecular flexibility index (Phi) is 13.8. The van der Waals surface area contributed by atoms with Gasteiger partial charge in [0.25, 0.3) is 0 Å². The van der Waals surface area contributed by atoms with E-state index in [4.69, 9.17) is 9.29 Å². The fourth-order valence-electron chi connectivity index (χ4n) is 2.92. The molecule has 5 N–H and O–H groups in total. The van der Waals surface area contributed by atoms with Gasteiger partial charge < -0.3 is 25.2 Å². The van der Waals surface area contributed by atoms with Crippen LogP contribution in [0, 0.1) is 0 Å². The van der Waals surface area contributed by atoms with Gasteiger partial charge in [0.1, 0.15) is 34.9 Å². The molecule has 0 aromatic rings. The van der Waals surface area contributed by atoms with Gasteiger partial charge in [-0.25, -0.2) is 4.28 Å². The first-order valence-corrected chi connectivity index (χ1v) is 13.5. The summed E-state index contributed by atoms with van der Waals surface area (Å²) in [6, 6.07) is 0. The highest BCUT2D eigenvalue weighted by Gasteiger charge is 2.44. The third kappa shape index (κ3) is 11.0. The summed E-state index contributed by atoms with van der Waals surface area (Å²) in [4.78, 5) is 0. The number of aliphatic hydroxyl groups is 4. The van der Waals surface area contributed by atoms with Crippen molar-refractivity contribution in [3.63, 3.8) is 0 Å². The molecular formula is C17H33NO9S3. The average Bonchev–Trinajstić information content (AvgIpc) is 2.70. The molecule has 5 atom stereocenters. The minimum atomic E-state index is -4.79. The van der Waals surface area contributed by atoms with E-state index in [9.17, 15) is 28.8 Å². The van der Waals surface area contributed by atoms with Crippen molar-refractivity contribution in [1.29, 1.82) is 0 Å². The van der Waals surface area contributed by atoms with Crippen molar-refractivity contribution < 1.29 is 42.4 Å². The Labute approximate surface area is 186 Å². The van der Waals surface area contributed by atoms with Crippen LogP contribution >= 0.6 is 23.5 Å². The minimum Gasteiger partial charge on any atom is -0.394 e. The number of hydrogen-bond acceptors (Lipinski definition) is 11. The number of ether oxygens (including phenoxy) is 1. The molecule has 0 spiro atoms. The van der Waals surface area contributed by atoms with E-state index in [0.717, 1.165) is 37.4 Å². The molecule has 1 aliphatic rings. The van der Waals surface area contributed by atoms with E-state index in [1.54, 1.807) is 0 Å². The van der Waals surface area contributed by atoms with Crippen LogP contribution < -0.4 is 0 Å². The number of rotatable bonds is 14. The highest BCUT2D eigenvalue weighted by molar-refractivity contribution is 8.14. The van der Waals surface area contributed by atoms with Crippen molar-refractivity contribution in [2.45, 2.75) is 81.2 Å². The summed E-state index contributed by atoms with van der Waals surface area (Å²) in [5.74, 6) is 1.17. The standard InChI is InChI=1S/C17H33NO9S3/c1-28-10-8-6-4-2-3-5-7-9-13(18-27-30(23,24)25)29-17-16(22)15(21)14(20)12(11-19)26-17/h12,14-17,19-22H,2-11H2,1H3,(H,23,24,25)/b18-13-/t12-,14+,15-,16-,17-/m1/s1. The Morgan fingerprint density at radius 1 is 1.00 bits per heavy atom. The van der Waals surface area contributed by atoms with Crippen molar-refractivity contribution in [1.82, 2.24) is 0 Å². The average molecular weight is 492 g/mol. The van der Waals surface area contributed by atoms with Crippen LogP contribution in [0.15, 0.2) is 5.16 Å². The molecule has 1 fully saturated rings. The lowest BCUT2D eigenvalue weighted by Crippen LogP contribution is -2.57. The predicted molar refractivity (Wildman–Crippen MR) is 117 cm³/mol. The van der Waals surface area contributed by atoms with E-state index in [1.165, 1.54) is 18.6 Å². The molecule has 178 valence electrons. The quantitative estimate of drug-likeness (QED) is 0.0777. The molecular weight excluding hydrogens is 458 g/mol. The first kappa shape index (κ1) is 27.9. The molecule has 0 amide bonds. The second-order valence-corrected chi connectivity index (χ2v) is 10.2. The maximum absolute atomic E-state index is 10.8. The van der Waals surface area contributed by atoms with Gasteiger partial charge in [-0.2, -0.15) is 20.2 Å². The van der Waals surface area contributed by atoms with Gasteiger partial charge in [0, 0.05) is 0 Å². The first-order chi connectivity index (χ1) is 14.2. The van der Waals surface area contributed by atoms with Crippen molar-refractivity contribution in [3.05, 3.63) is 0 Å². The molecule has 1 saturated heterocycles. The van der Waals surface area contributed by atoms with Crippen molar-refractivity contribution in [2.24, 2.45) is 5.16 Å². The largest absolute Gasteiger partial charge is 0.466 e. The molecule has 10 nitrogen and oxygen atoms in total. The zero-order valence-corrected chi connectivity index (χ0v) is 19.4. The van der Waals surface area contributed by atoms with Crippen LogP contribution in [0.5, 0.6) is 0 Å². The molecule has 30 heavy (non-hydrogen) atoms. The Balaban J connectivity index is 2.56. The zero-order valence-electron chi connectivity index (χ0n) is 17.0. The summed E-state index contributed by atoms with van der Waals surface area (Å²) in [7, 11) is -4.79. The van der Waals surface area contributed by atoms with Gasteiger partial charge >= 0.3 is 10.4 Å². The molecule has 1 rings (SSSR count). The van der Waals surface area contributed by atoms with Gasteiger partial charge in [-0.15, -0.1) is 0 Å². The monoisotopic (exact) mass is 491 g/mol. The van der Waals surface area contributed by atoms with E-state index in [2.05, 4.69) is 15.7 Å². The maximum Gasteiger partial charge on any atom is 0.466 e. The zero-order chi connectivity index (χ0) is 22.6. The van der Waals surface area contributed by atoms with Gasteiger partial charge in [-0.1, -0.05) is 49.0 Å². The molecule has 13 heteroatoms. The summed E-state index contributed by atoms with van der Waals surface area (Å²) in [5.41, 5.74) is -1.11. The third-order valence-corrected chi connectivity index (χ3v) is 6.71. The minimum absolute atomic E-state index is 0.136. The molecule has 0 aromatic carbocycles. The molecule has 0 aromatic heterocycles. The fourth-order valence-corrected chi connectivity index (χ4v) is 4.75. The SMILES string of the molecule is CSCCCCCCCCC/C(=N/OS(=O)(=O)O)S[C@H]1O[C@H](CO)[C@H](O)[C@@H](O)[C@H]1O. The van der Waals surface area contributed by atoms with E-state index < -0.39 is 46.9 Å². The van der Waals surface area contributed by atoms with E-state index in [-0.39, 0.29) is 5.04 Å². The summed E-state index contributed by atoms with van der Waals surface area (Å²) in [5, 5.41) is 42.7. The predicted octanol–water partition coefficient (Wildman–Crippen LogP) is 1.14. The van der Waals surface area contributed by atoms with Crippen molar-refractivity contribution >= 4 is 39.0 Å². The second-order valence-electron chi connectivity index (χ2n) is 7.02. The highest BCUT2D eigenvalue weighted by Crippen LogP contribution is 2.30. The van der Waals surface area contributed by atoms with Crippen LogP contribution in [0.3, 0.4) is 0 Å². The number of oxime groups is 1.